The third kappa shape index (κ3) is 3.06. The molecule has 1 aliphatic heterocycles. The Morgan fingerprint density at radius 2 is 1.36 bits per heavy atom. The SMILES string of the molecule is Cc1ccc(-c2ccc(S(=O)(=O)N3CCNCC3)cc2)cc1. The molecule has 0 bridgehead atoms. The number of benzene rings is 2. The van der Waals surface area contributed by atoms with Gasteiger partial charge in [-0.1, -0.05) is 42.0 Å². The zero-order valence-corrected chi connectivity index (χ0v) is 13.4. The number of aryl methyl sites for hydroxylation is 1. The molecule has 1 N–H and O–H groups in total. The first kappa shape index (κ1) is 15.2. The molecule has 2 aromatic rings. The smallest absolute Gasteiger partial charge is 0.243 e. The van der Waals surface area contributed by atoms with Crippen molar-refractivity contribution in [3.8, 4) is 11.1 Å². The standard InChI is InChI=1S/C17H20N2O2S/c1-14-2-4-15(5-3-14)16-6-8-17(9-7-16)22(20,21)19-12-10-18-11-13-19/h2-9,18H,10-13H2,1H3. The summed E-state index contributed by atoms with van der Waals surface area (Å²) < 4.78 is 26.7. The molecule has 5 heteroatoms. The van der Waals surface area contributed by atoms with Crippen LogP contribution in [-0.2, 0) is 10.0 Å². The van der Waals surface area contributed by atoms with E-state index < -0.39 is 10.0 Å². The molecule has 1 aliphatic rings. The van der Waals surface area contributed by atoms with Crippen LogP contribution in [-0.4, -0.2) is 38.9 Å². The molecule has 1 heterocycles. The minimum Gasteiger partial charge on any atom is -0.314 e. The number of nitrogens with one attached hydrogen (secondary N) is 1. The molecule has 0 radical (unpaired) electrons. The van der Waals surface area contributed by atoms with Crippen LogP contribution in [0.15, 0.2) is 53.4 Å². The Kier molecular flexibility index (Phi) is 4.29. The van der Waals surface area contributed by atoms with Crippen LogP contribution >= 0.6 is 0 Å². The molecule has 0 atom stereocenters. The molecular formula is C17H20N2O2S. The highest BCUT2D eigenvalue weighted by Gasteiger charge is 2.25. The Bertz CT molecular complexity index is 731. The van der Waals surface area contributed by atoms with Gasteiger partial charge >= 0.3 is 0 Å². The second kappa shape index (κ2) is 6.20. The Labute approximate surface area is 131 Å². The highest BCUT2D eigenvalue weighted by molar-refractivity contribution is 7.89. The fraction of sp³-hybridized carbons (Fsp3) is 0.294. The van der Waals surface area contributed by atoms with Crippen molar-refractivity contribution >= 4 is 10.0 Å². The summed E-state index contributed by atoms with van der Waals surface area (Å²) in [6.07, 6.45) is 0. The van der Waals surface area contributed by atoms with Crippen molar-refractivity contribution in [3.05, 3.63) is 54.1 Å². The topological polar surface area (TPSA) is 49.4 Å². The van der Waals surface area contributed by atoms with Crippen molar-refractivity contribution in [1.82, 2.24) is 9.62 Å². The summed E-state index contributed by atoms with van der Waals surface area (Å²) in [7, 11) is -3.37. The van der Waals surface area contributed by atoms with E-state index in [9.17, 15) is 8.42 Å². The van der Waals surface area contributed by atoms with Crippen molar-refractivity contribution in [2.24, 2.45) is 0 Å². The van der Waals surface area contributed by atoms with Gasteiger partial charge in [-0.3, -0.25) is 0 Å². The first-order chi connectivity index (χ1) is 10.6. The molecule has 0 amide bonds. The zero-order chi connectivity index (χ0) is 15.6. The van der Waals surface area contributed by atoms with Gasteiger partial charge in [-0.15, -0.1) is 0 Å². The summed E-state index contributed by atoms with van der Waals surface area (Å²) in [5, 5.41) is 3.17. The van der Waals surface area contributed by atoms with Crippen molar-refractivity contribution in [2.45, 2.75) is 11.8 Å². The molecule has 0 aromatic heterocycles. The molecular weight excluding hydrogens is 296 g/mol. The Balaban J connectivity index is 1.86. The van der Waals surface area contributed by atoms with E-state index in [1.165, 1.54) is 5.56 Å². The lowest BCUT2D eigenvalue weighted by molar-refractivity contribution is 0.360. The van der Waals surface area contributed by atoms with Crippen LogP contribution in [0.3, 0.4) is 0 Å². The zero-order valence-electron chi connectivity index (χ0n) is 12.6. The van der Waals surface area contributed by atoms with Gasteiger partial charge in [0.25, 0.3) is 0 Å². The maximum Gasteiger partial charge on any atom is 0.243 e. The van der Waals surface area contributed by atoms with Gasteiger partial charge < -0.3 is 5.32 Å². The normalized spacial score (nSPS) is 16.6. The van der Waals surface area contributed by atoms with Gasteiger partial charge in [0.2, 0.25) is 10.0 Å². The van der Waals surface area contributed by atoms with Crippen molar-refractivity contribution in [2.75, 3.05) is 26.2 Å². The predicted octanol–water partition coefficient (Wildman–Crippen LogP) is 2.26. The van der Waals surface area contributed by atoms with Crippen molar-refractivity contribution < 1.29 is 8.42 Å². The van der Waals surface area contributed by atoms with E-state index >= 15 is 0 Å². The van der Waals surface area contributed by atoms with Crippen molar-refractivity contribution in [3.63, 3.8) is 0 Å². The third-order valence-electron chi connectivity index (χ3n) is 3.95. The summed E-state index contributed by atoms with van der Waals surface area (Å²) in [5.41, 5.74) is 3.33. The van der Waals surface area contributed by atoms with Crippen LogP contribution in [0.5, 0.6) is 0 Å². The molecule has 4 nitrogen and oxygen atoms in total. The molecule has 1 saturated heterocycles. The molecule has 1 fully saturated rings. The van der Waals surface area contributed by atoms with Gasteiger partial charge in [-0.25, -0.2) is 8.42 Å². The minimum atomic E-state index is -3.37. The molecule has 2 aromatic carbocycles. The van der Waals surface area contributed by atoms with Gasteiger partial charge in [0, 0.05) is 26.2 Å². The van der Waals surface area contributed by atoms with E-state index in [1.807, 2.05) is 19.1 Å². The van der Waals surface area contributed by atoms with Crippen LogP contribution in [0, 0.1) is 6.92 Å². The van der Waals surface area contributed by atoms with E-state index in [0.717, 1.165) is 11.1 Å². The van der Waals surface area contributed by atoms with Gasteiger partial charge in [0.05, 0.1) is 4.90 Å². The van der Waals surface area contributed by atoms with Gasteiger partial charge in [-0.2, -0.15) is 4.31 Å². The summed E-state index contributed by atoms with van der Waals surface area (Å²) in [5.74, 6) is 0. The van der Waals surface area contributed by atoms with E-state index in [-0.39, 0.29) is 0 Å². The molecule has 22 heavy (non-hydrogen) atoms. The van der Waals surface area contributed by atoms with Gasteiger partial charge in [0.1, 0.15) is 0 Å². The minimum absolute atomic E-state index is 0.366. The fourth-order valence-corrected chi connectivity index (χ4v) is 4.04. The number of piperazine rings is 1. The average molecular weight is 316 g/mol. The van der Waals surface area contributed by atoms with Crippen LogP contribution in [0.4, 0.5) is 0 Å². The first-order valence-electron chi connectivity index (χ1n) is 7.45. The second-order valence-corrected chi connectivity index (χ2v) is 7.48. The number of sulfonamides is 1. The Morgan fingerprint density at radius 3 is 1.91 bits per heavy atom. The maximum atomic E-state index is 12.6. The van der Waals surface area contributed by atoms with Crippen molar-refractivity contribution in [1.29, 1.82) is 0 Å². The summed E-state index contributed by atoms with van der Waals surface area (Å²) in [6.45, 7) is 4.53. The molecule has 0 aliphatic carbocycles. The lowest BCUT2D eigenvalue weighted by atomic mass is 10.0. The molecule has 0 spiro atoms. The molecule has 3 rings (SSSR count). The quantitative estimate of drug-likeness (QED) is 0.945. The largest absolute Gasteiger partial charge is 0.314 e. The maximum absolute atomic E-state index is 12.6. The van der Waals surface area contributed by atoms with E-state index in [0.29, 0.717) is 31.1 Å². The predicted molar refractivity (Wildman–Crippen MR) is 88.2 cm³/mol. The van der Waals surface area contributed by atoms with Gasteiger partial charge in [0.15, 0.2) is 0 Å². The summed E-state index contributed by atoms with van der Waals surface area (Å²) >= 11 is 0. The summed E-state index contributed by atoms with van der Waals surface area (Å²) in [6, 6.07) is 15.4. The summed E-state index contributed by atoms with van der Waals surface area (Å²) in [4.78, 5) is 0.366. The Hall–Kier alpha value is -1.69. The number of rotatable bonds is 3. The van der Waals surface area contributed by atoms with E-state index in [2.05, 4.69) is 29.6 Å². The Morgan fingerprint density at radius 1 is 0.864 bits per heavy atom. The van der Waals surface area contributed by atoms with Gasteiger partial charge in [-0.05, 0) is 30.2 Å². The number of hydrogen-bond acceptors (Lipinski definition) is 3. The average Bonchev–Trinajstić information content (AvgIpc) is 2.56. The number of hydrogen-bond donors (Lipinski definition) is 1. The van der Waals surface area contributed by atoms with Crippen LogP contribution in [0.2, 0.25) is 0 Å². The molecule has 116 valence electrons. The highest BCUT2D eigenvalue weighted by Crippen LogP contribution is 2.23. The lowest BCUT2D eigenvalue weighted by Crippen LogP contribution is -2.46. The third-order valence-corrected chi connectivity index (χ3v) is 5.87. The van der Waals surface area contributed by atoms with Crippen LogP contribution in [0.25, 0.3) is 11.1 Å². The molecule has 0 saturated carbocycles. The highest BCUT2D eigenvalue weighted by atomic mass is 32.2. The number of nitrogens with zero attached hydrogens (tertiary/aromatic N) is 1. The van der Waals surface area contributed by atoms with Crippen LogP contribution < -0.4 is 5.32 Å². The first-order valence-corrected chi connectivity index (χ1v) is 8.89. The lowest BCUT2D eigenvalue weighted by Gasteiger charge is -2.26. The van der Waals surface area contributed by atoms with E-state index in [1.54, 1.807) is 16.4 Å². The fourth-order valence-electron chi connectivity index (χ4n) is 2.60. The molecule has 0 unspecified atom stereocenters. The second-order valence-electron chi connectivity index (χ2n) is 5.54. The van der Waals surface area contributed by atoms with Crippen LogP contribution in [0.1, 0.15) is 5.56 Å². The monoisotopic (exact) mass is 316 g/mol. The van der Waals surface area contributed by atoms with E-state index in [4.69, 9.17) is 0 Å².